The average molecular weight is 312 g/mol. The minimum atomic E-state index is -0.254. The van der Waals surface area contributed by atoms with Crippen LogP contribution in [0.2, 0.25) is 0 Å². The molecule has 2 amide bonds. The highest BCUT2D eigenvalue weighted by molar-refractivity contribution is 6.01. The first-order valence-corrected chi connectivity index (χ1v) is 7.77. The number of pyridine rings is 1. The molecule has 6 heteroatoms. The molecule has 1 atom stereocenters. The van der Waals surface area contributed by atoms with E-state index in [0.717, 1.165) is 24.0 Å². The fourth-order valence-electron chi connectivity index (χ4n) is 2.61. The number of para-hydroxylation sites is 1. The average Bonchev–Trinajstić information content (AvgIpc) is 2.51. The van der Waals surface area contributed by atoms with Crippen molar-refractivity contribution in [2.75, 3.05) is 25.0 Å². The number of rotatable bonds is 5. The molecule has 6 nitrogen and oxygen atoms in total. The van der Waals surface area contributed by atoms with Gasteiger partial charge < -0.3 is 16.0 Å². The Bertz CT molecular complexity index is 722. The van der Waals surface area contributed by atoms with Gasteiger partial charge in [0.05, 0.1) is 17.7 Å². The highest BCUT2D eigenvalue weighted by Gasteiger charge is 2.28. The largest absolute Gasteiger partial charge is 0.347 e. The molecule has 1 aliphatic rings. The maximum Gasteiger partial charge on any atom is 0.243 e. The lowest BCUT2D eigenvalue weighted by Crippen LogP contribution is -2.50. The molecule has 0 radical (unpaired) electrons. The summed E-state index contributed by atoms with van der Waals surface area (Å²) in [7, 11) is 0. The molecule has 0 saturated carbocycles. The van der Waals surface area contributed by atoms with E-state index in [1.54, 1.807) is 12.3 Å². The van der Waals surface area contributed by atoms with Gasteiger partial charge in [-0.05, 0) is 31.1 Å². The lowest BCUT2D eigenvalue weighted by atomic mass is 9.88. The van der Waals surface area contributed by atoms with Crippen molar-refractivity contribution in [3.05, 3.63) is 36.5 Å². The van der Waals surface area contributed by atoms with Gasteiger partial charge in [0.15, 0.2) is 0 Å². The molecule has 2 heterocycles. The molecule has 0 aliphatic carbocycles. The van der Waals surface area contributed by atoms with E-state index in [2.05, 4.69) is 20.9 Å². The first-order chi connectivity index (χ1) is 11.1. The van der Waals surface area contributed by atoms with Gasteiger partial charge in [-0.25, -0.2) is 0 Å². The molecule has 1 aromatic heterocycles. The second kappa shape index (κ2) is 6.75. The lowest BCUT2D eigenvalue weighted by molar-refractivity contribution is -0.128. The number of carbonyl (C=O) groups excluding carboxylic acids is 2. The number of benzene rings is 1. The smallest absolute Gasteiger partial charge is 0.243 e. The van der Waals surface area contributed by atoms with Crippen molar-refractivity contribution >= 4 is 28.4 Å². The predicted octanol–water partition coefficient (Wildman–Crippen LogP) is 1.14. The topological polar surface area (TPSA) is 83.1 Å². The molecule has 3 rings (SSSR count). The Kier molecular flexibility index (Phi) is 4.52. The minimum absolute atomic E-state index is 0.0352. The number of nitrogens with one attached hydrogen (secondary N) is 3. The number of carbonyl (C=O) groups is 2. The van der Waals surface area contributed by atoms with E-state index in [1.807, 2.05) is 31.2 Å². The summed E-state index contributed by atoms with van der Waals surface area (Å²) < 4.78 is 0. The van der Waals surface area contributed by atoms with Gasteiger partial charge in [0, 0.05) is 17.5 Å². The van der Waals surface area contributed by atoms with E-state index in [4.69, 9.17) is 0 Å². The molecule has 1 saturated heterocycles. The van der Waals surface area contributed by atoms with Crippen molar-refractivity contribution in [1.29, 1.82) is 0 Å². The van der Waals surface area contributed by atoms with E-state index < -0.39 is 0 Å². The van der Waals surface area contributed by atoms with Crippen molar-refractivity contribution in [2.24, 2.45) is 11.8 Å². The zero-order chi connectivity index (χ0) is 16.2. The Balaban J connectivity index is 1.57. The summed E-state index contributed by atoms with van der Waals surface area (Å²) >= 11 is 0. The van der Waals surface area contributed by atoms with Crippen molar-refractivity contribution < 1.29 is 9.59 Å². The van der Waals surface area contributed by atoms with Gasteiger partial charge in [0.25, 0.3) is 0 Å². The Labute approximate surface area is 134 Å². The van der Waals surface area contributed by atoms with E-state index in [-0.39, 0.29) is 24.3 Å². The van der Waals surface area contributed by atoms with Gasteiger partial charge in [0.2, 0.25) is 11.8 Å². The van der Waals surface area contributed by atoms with Gasteiger partial charge >= 0.3 is 0 Å². The molecule has 23 heavy (non-hydrogen) atoms. The standard InChI is InChI=1S/C17H20N4O2/c1-11(13-8-18-9-13)17(23)20-10-15(22)21-14-6-2-4-12-5-3-7-19-16(12)14/h2-7,11,13,18H,8-10H2,1H3,(H,20,23)(H,21,22). The Morgan fingerprint density at radius 2 is 2.09 bits per heavy atom. The monoisotopic (exact) mass is 312 g/mol. The molecule has 1 unspecified atom stereocenters. The summed E-state index contributed by atoms with van der Waals surface area (Å²) in [6, 6.07) is 9.40. The van der Waals surface area contributed by atoms with Gasteiger partial charge in [-0.15, -0.1) is 0 Å². The van der Waals surface area contributed by atoms with Crippen LogP contribution in [0.25, 0.3) is 10.9 Å². The predicted molar refractivity (Wildman–Crippen MR) is 88.9 cm³/mol. The Morgan fingerprint density at radius 1 is 1.30 bits per heavy atom. The van der Waals surface area contributed by atoms with E-state index in [0.29, 0.717) is 11.6 Å². The highest BCUT2D eigenvalue weighted by Crippen LogP contribution is 2.20. The number of anilines is 1. The molecule has 1 aromatic carbocycles. The lowest BCUT2D eigenvalue weighted by Gasteiger charge is -2.31. The summed E-state index contributed by atoms with van der Waals surface area (Å²) in [6.07, 6.45) is 1.69. The summed E-state index contributed by atoms with van der Waals surface area (Å²) in [4.78, 5) is 28.4. The van der Waals surface area contributed by atoms with Crippen molar-refractivity contribution in [3.63, 3.8) is 0 Å². The number of amides is 2. The number of fused-ring (bicyclic) bond motifs is 1. The van der Waals surface area contributed by atoms with Crippen molar-refractivity contribution in [3.8, 4) is 0 Å². The molecule has 0 spiro atoms. The SMILES string of the molecule is CC(C(=O)NCC(=O)Nc1cccc2cccnc12)C1CNC1. The van der Waals surface area contributed by atoms with Crippen LogP contribution in [0, 0.1) is 11.8 Å². The molecular weight excluding hydrogens is 292 g/mol. The van der Waals surface area contributed by atoms with Gasteiger partial charge in [-0.3, -0.25) is 14.6 Å². The zero-order valence-electron chi connectivity index (χ0n) is 13.0. The second-order valence-electron chi connectivity index (χ2n) is 5.85. The zero-order valence-corrected chi connectivity index (χ0v) is 13.0. The van der Waals surface area contributed by atoms with Crippen LogP contribution >= 0.6 is 0 Å². The second-order valence-corrected chi connectivity index (χ2v) is 5.85. The summed E-state index contributed by atoms with van der Waals surface area (Å²) in [5.41, 5.74) is 1.39. The molecule has 1 aliphatic heterocycles. The maximum absolute atomic E-state index is 12.1. The molecule has 0 bridgehead atoms. The Hall–Kier alpha value is -2.47. The maximum atomic E-state index is 12.1. The third-order valence-electron chi connectivity index (χ3n) is 4.26. The number of aromatic nitrogens is 1. The molecular formula is C17H20N4O2. The Morgan fingerprint density at radius 3 is 2.83 bits per heavy atom. The van der Waals surface area contributed by atoms with Gasteiger partial charge in [-0.2, -0.15) is 0 Å². The van der Waals surface area contributed by atoms with Crippen LogP contribution in [-0.4, -0.2) is 36.4 Å². The third kappa shape index (κ3) is 3.48. The molecule has 120 valence electrons. The highest BCUT2D eigenvalue weighted by atomic mass is 16.2. The summed E-state index contributed by atoms with van der Waals surface area (Å²) in [6.45, 7) is 3.59. The van der Waals surface area contributed by atoms with Crippen LogP contribution in [0.4, 0.5) is 5.69 Å². The molecule has 2 aromatic rings. The summed E-state index contributed by atoms with van der Waals surface area (Å²) in [5, 5.41) is 9.61. The first-order valence-electron chi connectivity index (χ1n) is 7.77. The molecule has 1 fully saturated rings. The van der Waals surface area contributed by atoms with Crippen LogP contribution in [0.15, 0.2) is 36.5 Å². The first kappa shape index (κ1) is 15.4. The fourth-order valence-corrected chi connectivity index (χ4v) is 2.61. The van der Waals surface area contributed by atoms with E-state index >= 15 is 0 Å². The molecule has 3 N–H and O–H groups in total. The van der Waals surface area contributed by atoms with Crippen molar-refractivity contribution in [1.82, 2.24) is 15.6 Å². The third-order valence-corrected chi connectivity index (χ3v) is 4.26. The number of hydrogen-bond donors (Lipinski definition) is 3. The van der Waals surface area contributed by atoms with Crippen LogP contribution < -0.4 is 16.0 Å². The number of hydrogen-bond acceptors (Lipinski definition) is 4. The fraction of sp³-hybridized carbons (Fsp3) is 0.353. The van der Waals surface area contributed by atoms with Crippen LogP contribution in [0.1, 0.15) is 6.92 Å². The van der Waals surface area contributed by atoms with Crippen LogP contribution in [0.5, 0.6) is 0 Å². The van der Waals surface area contributed by atoms with Crippen LogP contribution in [-0.2, 0) is 9.59 Å². The minimum Gasteiger partial charge on any atom is -0.347 e. The number of nitrogens with zero attached hydrogens (tertiary/aromatic N) is 1. The van der Waals surface area contributed by atoms with Crippen molar-refractivity contribution in [2.45, 2.75) is 6.92 Å². The quantitative estimate of drug-likeness (QED) is 0.773. The van der Waals surface area contributed by atoms with E-state index in [9.17, 15) is 9.59 Å². The summed E-state index contributed by atoms with van der Waals surface area (Å²) in [5.74, 6) is -0.0540. The van der Waals surface area contributed by atoms with Gasteiger partial charge in [-0.1, -0.05) is 25.1 Å². The van der Waals surface area contributed by atoms with E-state index in [1.165, 1.54) is 0 Å². The van der Waals surface area contributed by atoms with Crippen LogP contribution in [0.3, 0.4) is 0 Å². The normalized spacial score (nSPS) is 15.7. The van der Waals surface area contributed by atoms with Gasteiger partial charge in [0.1, 0.15) is 0 Å².